The minimum atomic E-state index is 0.573. The monoisotopic (exact) mass is 288 g/mol. The van der Waals surface area contributed by atoms with Crippen molar-refractivity contribution in [2.75, 3.05) is 0 Å². The summed E-state index contributed by atoms with van der Waals surface area (Å²) >= 11 is 0. The van der Waals surface area contributed by atoms with Gasteiger partial charge in [0.2, 0.25) is 0 Å². The first-order valence-electron chi connectivity index (χ1n) is 6.48. The zero-order valence-corrected chi connectivity index (χ0v) is 11.6. The van der Waals surface area contributed by atoms with E-state index in [1.807, 2.05) is 60.7 Å². The average molecular weight is 288 g/mol. The predicted octanol–water partition coefficient (Wildman–Crippen LogP) is 6.30. The van der Waals surface area contributed by atoms with Crippen LogP contribution in [0.15, 0.2) is 70.9 Å². The van der Waals surface area contributed by atoms with Crippen LogP contribution in [0.2, 0.25) is 0 Å². The molecule has 2 aromatic carbocycles. The van der Waals surface area contributed by atoms with Crippen molar-refractivity contribution in [3.05, 3.63) is 92.7 Å². The fourth-order valence-corrected chi connectivity index (χ4v) is 1.85. The molecule has 0 unspecified atom stereocenters. The molecule has 0 saturated carbocycles. The SMILES string of the molecule is [N-]=[N+]=Nc1ccccc1/C=C/C=C/c1ccccc1N=[N+]=[N-]. The molecule has 0 radical (unpaired) electrons. The van der Waals surface area contributed by atoms with E-state index >= 15 is 0 Å². The van der Waals surface area contributed by atoms with Gasteiger partial charge in [0.1, 0.15) is 0 Å². The number of benzene rings is 2. The van der Waals surface area contributed by atoms with Gasteiger partial charge in [-0.25, -0.2) is 0 Å². The van der Waals surface area contributed by atoms with Gasteiger partial charge in [0.05, 0.1) is 0 Å². The van der Waals surface area contributed by atoms with E-state index in [9.17, 15) is 0 Å². The maximum atomic E-state index is 8.53. The molecule has 6 heteroatoms. The fourth-order valence-electron chi connectivity index (χ4n) is 1.85. The van der Waals surface area contributed by atoms with E-state index in [1.54, 1.807) is 12.1 Å². The van der Waals surface area contributed by atoms with E-state index in [1.165, 1.54) is 0 Å². The predicted molar refractivity (Wildman–Crippen MR) is 88.6 cm³/mol. The van der Waals surface area contributed by atoms with E-state index in [2.05, 4.69) is 20.1 Å². The average Bonchev–Trinajstić information content (AvgIpc) is 2.55. The quantitative estimate of drug-likeness (QED) is 0.267. The first-order valence-corrected chi connectivity index (χ1v) is 6.48. The molecule has 22 heavy (non-hydrogen) atoms. The Labute approximate surface area is 127 Å². The molecule has 6 nitrogen and oxygen atoms in total. The summed E-state index contributed by atoms with van der Waals surface area (Å²) in [5.74, 6) is 0. The van der Waals surface area contributed by atoms with Crippen molar-refractivity contribution < 1.29 is 0 Å². The van der Waals surface area contributed by atoms with Crippen LogP contribution < -0.4 is 0 Å². The van der Waals surface area contributed by atoms with Crippen LogP contribution in [0.4, 0.5) is 11.4 Å². The lowest BCUT2D eigenvalue weighted by molar-refractivity contribution is 1.46. The Bertz CT molecular complexity index is 739. The summed E-state index contributed by atoms with van der Waals surface area (Å²) in [7, 11) is 0. The second kappa shape index (κ2) is 7.97. The Morgan fingerprint density at radius 1 is 0.682 bits per heavy atom. The third-order valence-electron chi connectivity index (χ3n) is 2.84. The van der Waals surface area contributed by atoms with Crippen molar-refractivity contribution >= 4 is 23.5 Å². The van der Waals surface area contributed by atoms with Crippen molar-refractivity contribution in [2.45, 2.75) is 0 Å². The molecule has 0 amide bonds. The maximum Gasteiger partial charge on any atom is 0.0447 e. The summed E-state index contributed by atoms with van der Waals surface area (Å²) in [6, 6.07) is 14.6. The lowest BCUT2D eigenvalue weighted by Crippen LogP contribution is -1.73. The van der Waals surface area contributed by atoms with Crippen molar-refractivity contribution in [3.63, 3.8) is 0 Å². The number of hydrogen-bond acceptors (Lipinski definition) is 2. The van der Waals surface area contributed by atoms with Gasteiger partial charge < -0.3 is 0 Å². The summed E-state index contributed by atoms with van der Waals surface area (Å²) < 4.78 is 0. The molecule has 0 bridgehead atoms. The molecule has 0 spiro atoms. The smallest absolute Gasteiger partial charge is 0.0447 e. The minimum Gasteiger partial charge on any atom is -0.0618 e. The molecular formula is C16H12N6. The standard InChI is InChI=1S/C16H12N6/c17-21-19-15-11-5-3-9-13(15)7-1-2-8-14-10-4-6-12-16(14)20-22-18/h1-12H/b7-1+,8-2+. The van der Waals surface area contributed by atoms with E-state index in [0.717, 1.165) is 11.1 Å². The van der Waals surface area contributed by atoms with Crippen molar-refractivity contribution in [1.29, 1.82) is 0 Å². The van der Waals surface area contributed by atoms with E-state index in [0.29, 0.717) is 11.4 Å². The topological polar surface area (TPSA) is 97.5 Å². The van der Waals surface area contributed by atoms with Crippen LogP contribution >= 0.6 is 0 Å². The largest absolute Gasteiger partial charge is 0.0618 e. The van der Waals surface area contributed by atoms with Crippen molar-refractivity contribution in [1.82, 2.24) is 0 Å². The second-order valence-electron chi connectivity index (χ2n) is 4.21. The maximum absolute atomic E-state index is 8.53. The number of hydrogen-bond donors (Lipinski definition) is 0. The number of azide groups is 2. The lowest BCUT2D eigenvalue weighted by Gasteiger charge is -1.98. The fraction of sp³-hybridized carbons (Fsp3) is 0. The Morgan fingerprint density at radius 2 is 1.09 bits per heavy atom. The summed E-state index contributed by atoms with van der Waals surface area (Å²) in [4.78, 5) is 5.60. The molecule has 0 atom stereocenters. The highest BCUT2D eigenvalue weighted by atomic mass is 15.1. The first-order chi connectivity index (χ1) is 10.8. The van der Waals surface area contributed by atoms with Gasteiger partial charge in [-0.3, -0.25) is 0 Å². The molecule has 0 heterocycles. The van der Waals surface area contributed by atoms with Crippen LogP contribution in [0.1, 0.15) is 11.1 Å². The summed E-state index contributed by atoms with van der Waals surface area (Å²) in [6.07, 6.45) is 7.35. The van der Waals surface area contributed by atoms with Gasteiger partial charge in [-0.05, 0) is 22.2 Å². The normalized spacial score (nSPS) is 10.4. The Kier molecular flexibility index (Phi) is 5.41. The third kappa shape index (κ3) is 4.02. The van der Waals surface area contributed by atoms with Gasteiger partial charge in [0.15, 0.2) is 0 Å². The van der Waals surface area contributed by atoms with Crippen molar-refractivity contribution in [2.24, 2.45) is 10.2 Å². The molecule has 0 fully saturated rings. The van der Waals surface area contributed by atoms with E-state index < -0.39 is 0 Å². The number of rotatable bonds is 5. The van der Waals surface area contributed by atoms with Crippen LogP contribution in [0.3, 0.4) is 0 Å². The van der Waals surface area contributed by atoms with Gasteiger partial charge >= 0.3 is 0 Å². The zero-order valence-electron chi connectivity index (χ0n) is 11.6. The van der Waals surface area contributed by atoms with Gasteiger partial charge in [0, 0.05) is 21.2 Å². The van der Waals surface area contributed by atoms with Crippen LogP contribution in [0.5, 0.6) is 0 Å². The number of nitrogens with zero attached hydrogens (tertiary/aromatic N) is 6. The molecule has 0 aliphatic rings. The molecule has 0 saturated heterocycles. The van der Waals surface area contributed by atoms with Crippen LogP contribution in [0, 0.1) is 0 Å². The van der Waals surface area contributed by atoms with Crippen LogP contribution in [-0.4, -0.2) is 0 Å². The van der Waals surface area contributed by atoms with E-state index in [4.69, 9.17) is 11.1 Å². The van der Waals surface area contributed by atoms with Gasteiger partial charge in [-0.2, -0.15) is 0 Å². The molecule has 0 N–H and O–H groups in total. The second-order valence-corrected chi connectivity index (χ2v) is 4.21. The van der Waals surface area contributed by atoms with Gasteiger partial charge in [-0.1, -0.05) is 83.1 Å². The Hall–Kier alpha value is -3.46. The van der Waals surface area contributed by atoms with E-state index in [-0.39, 0.29) is 0 Å². The highest BCUT2D eigenvalue weighted by Gasteiger charge is 1.95. The molecule has 0 aliphatic heterocycles. The Balaban J connectivity index is 2.20. The highest BCUT2D eigenvalue weighted by molar-refractivity contribution is 5.68. The van der Waals surface area contributed by atoms with Gasteiger partial charge in [0.25, 0.3) is 0 Å². The number of allylic oxidation sites excluding steroid dienone is 2. The third-order valence-corrected chi connectivity index (χ3v) is 2.84. The van der Waals surface area contributed by atoms with Gasteiger partial charge in [-0.15, -0.1) is 0 Å². The molecule has 0 aliphatic carbocycles. The first kappa shape index (κ1) is 14.9. The lowest BCUT2D eigenvalue weighted by atomic mass is 10.1. The minimum absolute atomic E-state index is 0.573. The zero-order chi connectivity index (χ0) is 15.6. The summed E-state index contributed by atoms with van der Waals surface area (Å²) in [6.45, 7) is 0. The molecule has 106 valence electrons. The van der Waals surface area contributed by atoms with Crippen LogP contribution in [-0.2, 0) is 0 Å². The summed E-state index contributed by atoms with van der Waals surface area (Å²) in [5, 5.41) is 7.26. The van der Waals surface area contributed by atoms with Crippen LogP contribution in [0.25, 0.3) is 33.0 Å². The summed E-state index contributed by atoms with van der Waals surface area (Å²) in [5.41, 5.74) is 19.9. The molecule has 2 aromatic rings. The molecule has 0 aromatic heterocycles. The molecular weight excluding hydrogens is 276 g/mol. The van der Waals surface area contributed by atoms with Crippen molar-refractivity contribution in [3.8, 4) is 0 Å². The Morgan fingerprint density at radius 3 is 1.50 bits per heavy atom. The molecule has 2 rings (SSSR count). The highest BCUT2D eigenvalue weighted by Crippen LogP contribution is 2.22.